The molecule has 2 heterocycles. The van der Waals surface area contributed by atoms with E-state index < -0.39 is 11.6 Å². The van der Waals surface area contributed by atoms with Crippen LogP contribution in [0.2, 0.25) is 0 Å². The molecule has 0 saturated heterocycles. The normalized spacial score (nSPS) is 11.0. The summed E-state index contributed by atoms with van der Waals surface area (Å²) in [6.07, 6.45) is 3.89. The van der Waals surface area contributed by atoms with Crippen molar-refractivity contribution in [3.8, 4) is 0 Å². The lowest BCUT2D eigenvalue weighted by molar-refractivity contribution is 0.515. The van der Waals surface area contributed by atoms with Crippen molar-refractivity contribution in [1.82, 2.24) is 15.0 Å². The third-order valence-corrected chi connectivity index (χ3v) is 2.69. The molecular weight excluding hydrogens is 236 g/mol. The number of nitrogens with zero attached hydrogens (tertiary/aromatic N) is 2. The van der Waals surface area contributed by atoms with Crippen molar-refractivity contribution < 1.29 is 8.78 Å². The maximum absolute atomic E-state index is 13.5. The molecule has 0 amide bonds. The zero-order valence-corrected chi connectivity index (χ0v) is 9.32. The average Bonchev–Trinajstić information content (AvgIpc) is 2.79. The molecule has 0 aliphatic rings. The molecule has 0 fully saturated rings. The lowest BCUT2D eigenvalue weighted by Gasteiger charge is -1.95. The fourth-order valence-electron chi connectivity index (χ4n) is 1.85. The van der Waals surface area contributed by atoms with Crippen molar-refractivity contribution in [2.75, 3.05) is 0 Å². The highest BCUT2D eigenvalue weighted by Gasteiger charge is 2.11. The number of H-pyrrole nitrogens is 1. The first-order valence-electron chi connectivity index (χ1n) is 5.45. The SMILES string of the molecule is Fc1ccc2[nH]c(Cc3cccnc3)nc2c1F. The molecular formula is C13H9F2N3. The molecule has 3 rings (SSSR count). The van der Waals surface area contributed by atoms with E-state index in [1.807, 2.05) is 12.1 Å². The first-order valence-corrected chi connectivity index (χ1v) is 5.45. The summed E-state index contributed by atoms with van der Waals surface area (Å²) in [4.78, 5) is 11.0. The monoisotopic (exact) mass is 245 g/mol. The van der Waals surface area contributed by atoms with E-state index >= 15 is 0 Å². The number of hydrogen-bond donors (Lipinski definition) is 1. The number of pyridine rings is 1. The Morgan fingerprint density at radius 1 is 1.17 bits per heavy atom. The average molecular weight is 245 g/mol. The molecule has 90 valence electrons. The molecule has 0 aliphatic heterocycles. The van der Waals surface area contributed by atoms with Gasteiger partial charge in [-0.15, -0.1) is 0 Å². The van der Waals surface area contributed by atoms with Gasteiger partial charge in [0.2, 0.25) is 0 Å². The minimum absolute atomic E-state index is 0.0360. The minimum Gasteiger partial charge on any atom is -0.342 e. The van der Waals surface area contributed by atoms with Gasteiger partial charge in [-0.2, -0.15) is 0 Å². The van der Waals surface area contributed by atoms with Crippen molar-refractivity contribution in [2.45, 2.75) is 6.42 Å². The van der Waals surface area contributed by atoms with Crippen LogP contribution in [0.25, 0.3) is 11.0 Å². The van der Waals surface area contributed by atoms with Gasteiger partial charge in [0.15, 0.2) is 11.6 Å². The highest BCUT2D eigenvalue weighted by atomic mass is 19.2. The van der Waals surface area contributed by atoms with Gasteiger partial charge in [-0.3, -0.25) is 4.98 Å². The van der Waals surface area contributed by atoms with E-state index in [1.54, 1.807) is 12.4 Å². The first kappa shape index (κ1) is 10.8. The second-order valence-electron chi connectivity index (χ2n) is 3.98. The zero-order chi connectivity index (χ0) is 12.5. The predicted octanol–water partition coefficient (Wildman–Crippen LogP) is 2.83. The second kappa shape index (κ2) is 4.18. The predicted molar refractivity (Wildman–Crippen MR) is 63.1 cm³/mol. The maximum Gasteiger partial charge on any atom is 0.186 e. The zero-order valence-electron chi connectivity index (χ0n) is 9.32. The lowest BCUT2D eigenvalue weighted by atomic mass is 10.2. The van der Waals surface area contributed by atoms with Gasteiger partial charge >= 0.3 is 0 Å². The van der Waals surface area contributed by atoms with E-state index in [0.29, 0.717) is 17.8 Å². The summed E-state index contributed by atoms with van der Waals surface area (Å²) >= 11 is 0. The van der Waals surface area contributed by atoms with Gasteiger partial charge in [0.05, 0.1) is 5.52 Å². The van der Waals surface area contributed by atoms with Crippen LogP contribution in [0.4, 0.5) is 8.78 Å². The molecule has 0 saturated carbocycles. The fraction of sp³-hybridized carbons (Fsp3) is 0.0769. The Labute approximate surface area is 102 Å². The summed E-state index contributed by atoms with van der Waals surface area (Å²) in [5.41, 5.74) is 1.49. The molecule has 0 bridgehead atoms. The van der Waals surface area contributed by atoms with Crippen LogP contribution < -0.4 is 0 Å². The Kier molecular flexibility index (Phi) is 2.51. The van der Waals surface area contributed by atoms with Gasteiger partial charge in [-0.25, -0.2) is 13.8 Å². The Morgan fingerprint density at radius 2 is 2.06 bits per heavy atom. The van der Waals surface area contributed by atoms with E-state index in [-0.39, 0.29) is 5.52 Å². The number of halogens is 2. The smallest absolute Gasteiger partial charge is 0.186 e. The quantitative estimate of drug-likeness (QED) is 0.754. The van der Waals surface area contributed by atoms with E-state index in [0.717, 1.165) is 11.6 Å². The fourth-order valence-corrected chi connectivity index (χ4v) is 1.85. The van der Waals surface area contributed by atoms with E-state index in [4.69, 9.17) is 0 Å². The molecule has 0 unspecified atom stereocenters. The van der Waals surface area contributed by atoms with Gasteiger partial charge in [0.1, 0.15) is 11.3 Å². The van der Waals surface area contributed by atoms with Gasteiger partial charge in [0.25, 0.3) is 0 Å². The highest BCUT2D eigenvalue weighted by Crippen LogP contribution is 2.19. The number of aromatic nitrogens is 3. The third kappa shape index (κ3) is 1.84. The number of aromatic amines is 1. The molecule has 5 heteroatoms. The number of benzene rings is 1. The molecule has 0 radical (unpaired) electrons. The van der Waals surface area contributed by atoms with Crippen LogP contribution in [0, 0.1) is 11.6 Å². The number of rotatable bonds is 2. The Hall–Kier alpha value is -2.30. The van der Waals surface area contributed by atoms with Crippen LogP contribution in [-0.2, 0) is 6.42 Å². The van der Waals surface area contributed by atoms with Crippen LogP contribution in [0.15, 0.2) is 36.7 Å². The summed E-state index contributed by atoms with van der Waals surface area (Å²) in [7, 11) is 0. The Balaban J connectivity index is 2.02. The maximum atomic E-state index is 13.5. The summed E-state index contributed by atoms with van der Waals surface area (Å²) < 4.78 is 26.5. The number of fused-ring (bicyclic) bond motifs is 1. The number of nitrogens with one attached hydrogen (secondary N) is 1. The van der Waals surface area contributed by atoms with Gasteiger partial charge < -0.3 is 4.98 Å². The summed E-state index contributed by atoms with van der Waals surface area (Å²) in [5, 5.41) is 0. The number of hydrogen-bond acceptors (Lipinski definition) is 2. The molecule has 0 atom stereocenters. The Morgan fingerprint density at radius 3 is 2.83 bits per heavy atom. The molecule has 3 nitrogen and oxygen atoms in total. The minimum atomic E-state index is -0.916. The van der Waals surface area contributed by atoms with Crippen LogP contribution in [0.3, 0.4) is 0 Å². The summed E-state index contributed by atoms with van der Waals surface area (Å²) in [6.45, 7) is 0. The van der Waals surface area contributed by atoms with Crippen molar-refractivity contribution in [3.05, 3.63) is 59.7 Å². The molecule has 0 aliphatic carbocycles. The van der Waals surface area contributed by atoms with Crippen LogP contribution >= 0.6 is 0 Å². The molecule has 3 aromatic rings. The standard InChI is InChI=1S/C13H9F2N3/c14-9-3-4-10-13(12(9)15)18-11(17-10)6-8-2-1-5-16-7-8/h1-5,7H,6H2,(H,17,18). The largest absolute Gasteiger partial charge is 0.342 e. The number of imidazole rings is 1. The molecule has 1 aromatic carbocycles. The molecule has 0 spiro atoms. The molecule has 1 N–H and O–H groups in total. The second-order valence-corrected chi connectivity index (χ2v) is 3.98. The topological polar surface area (TPSA) is 41.6 Å². The molecule has 2 aromatic heterocycles. The van der Waals surface area contributed by atoms with E-state index in [2.05, 4.69) is 15.0 Å². The van der Waals surface area contributed by atoms with Crippen LogP contribution in [0.1, 0.15) is 11.4 Å². The van der Waals surface area contributed by atoms with Crippen LogP contribution in [0.5, 0.6) is 0 Å². The first-order chi connectivity index (χ1) is 8.74. The highest BCUT2D eigenvalue weighted by molar-refractivity contribution is 5.75. The summed E-state index contributed by atoms with van der Waals surface area (Å²) in [6, 6.07) is 6.28. The van der Waals surface area contributed by atoms with Crippen molar-refractivity contribution in [3.63, 3.8) is 0 Å². The summed E-state index contributed by atoms with van der Waals surface area (Å²) in [5.74, 6) is -1.22. The van der Waals surface area contributed by atoms with Gasteiger partial charge in [-0.05, 0) is 23.8 Å². The molecule has 18 heavy (non-hydrogen) atoms. The van der Waals surface area contributed by atoms with Crippen LogP contribution in [-0.4, -0.2) is 15.0 Å². The van der Waals surface area contributed by atoms with E-state index in [1.165, 1.54) is 6.07 Å². The van der Waals surface area contributed by atoms with Gasteiger partial charge in [0, 0.05) is 18.8 Å². The van der Waals surface area contributed by atoms with E-state index in [9.17, 15) is 8.78 Å². The van der Waals surface area contributed by atoms with Crippen molar-refractivity contribution >= 4 is 11.0 Å². The Bertz CT molecular complexity index is 692. The lowest BCUT2D eigenvalue weighted by Crippen LogP contribution is -1.91. The van der Waals surface area contributed by atoms with Crippen molar-refractivity contribution in [2.24, 2.45) is 0 Å². The van der Waals surface area contributed by atoms with Gasteiger partial charge in [-0.1, -0.05) is 6.07 Å². The third-order valence-electron chi connectivity index (χ3n) is 2.69. The van der Waals surface area contributed by atoms with Crippen molar-refractivity contribution in [1.29, 1.82) is 0 Å².